The lowest BCUT2D eigenvalue weighted by molar-refractivity contribution is 0.0881. The van der Waals surface area contributed by atoms with Crippen molar-refractivity contribution in [2.45, 2.75) is 39.3 Å². The van der Waals surface area contributed by atoms with Crippen molar-refractivity contribution >= 4 is 0 Å². The van der Waals surface area contributed by atoms with Gasteiger partial charge >= 0.3 is 0 Å². The lowest BCUT2D eigenvalue weighted by Crippen LogP contribution is -2.54. The van der Waals surface area contributed by atoms with Gasteiger partial charge in [-0.1, -0.05) is 19.9 Å². The Hall–Kier alpha value is -1.04. The van der Waals surface area contributed by atoms with Gasteiger partial charge in [0.25, 0.3) is 0 Å². The minimum Gasteiger partial charge on any atom is -0.297 e. The average molecular weight is 271 g/mol. The van der Waals surface area contributed by atoms with Crippen LogP contribution in [0.25, 0.3) is 0 Å². The molecule has 108 valence electrons. The van der Waals surface area contributed by atoms with E-state index >= 15 is 0 Å². The number of hydrogen-bond donors (Lipinski definition) is 2. The van der Waals surface area contributed by atoms with Crippen LogP contribution >= 0.6 is 0 Å². The van der Waals surface area contributed by atoms with Gasteiger partial charge in [0.2, 0.25) is 0 Å². The van der Waals surface area contributed by atoms with Crippen LogP contribution in [0.2, 0.25) is 0 Å². The van der Waals surface area contributed by atoms with E-state index in [1.807, 2.05) is 27.7 Å². The van der Waals surface area contributed by atoms with E-state index in [2.05, 4.69) is 10.3 Å². The zero-order valence-electron chi connectivity index (χ0n) is 12.0. The summed E-state index contributed by atoms with van der Waals surface area (Å²) < 4.78 is 27.9. The number of hydrazine groups is 1. The fourth-order valence-corrected chi connectivity index (χ4v) is 2.65. The molecule has 0 aliphatic heterocycles. The number of nitrogens with zero attached hydrogens (tertiary/aromatic N) is 1. The molecule has 1 aromatic rings. The van der Waals surface area contributed by atoms with E-state index in [-0.39, 0.29) is 5.56 Å². The fraction of sp³-hybridized carbons (Fsp3) is 0.571. The van der Waals surface area contributed by atoms with Crippen molar-refractivity contribution in [3.8, 4) is 0 Å². The average Bonchev–Trinajstić information content (AvgIpc) is 2.34. The highest BCUT2D eigenvalue weighted by Gasteiger charge is 2.37. The maximum Gasteiger partial charge on any atom is 0.131 e. The lowest BCUT2D eigenvalue weighted by atomic mass is 9.86. The monoisotopic (exact) mass is 271 g/mol. The van der Waals surface area contributed by atoms with E-state index in [1.165, 1.54) is 18.2 Å². The van der Waals surface area contributed by atoms with Gasteiger partial charge in [-0.05, 0) is 39.1 Å². The van der Waals surface area contributed by atoms with Gasteiger partial charge < -0.3 is 0 Å². The molecule has 0 heterocycles. The van der Waals surface area contributed by atoms with Gasteiger partial charge in [-0.2, -0.15) is 0 Å². The molecular formula is C14H23F2N3. The van der Waals surface area contributed by atoms with Crippen molar-refractivity contribution in [3.63, 3.8) is 0 Å². The molecule has 0 radical (unpaired) electrons. The summed E-state index contributed by atoms with van der Waals surface area (Å²) in [6, 6.07) is 3.22. The molecule has 1 rings (SSSR count). The molecule has 0 aromatic heterocycles. The maximum atomic E-state index is 13.9. The van der Waals surface area contributed by atoms with Crippen LogP contribution in [0.15, 0.2) is 18.2 Å². The maximum absolute atomic E-state index is 13.9. The predicted octanol–water partition coefficient (Wildman–Crippen LogP) is 2.59. The van der Waals surface area contributed by atoms with Gasteiger partial charge in [0, 0.05) is 11.1 Å². The van der Waals surface area contributed by atoms with Gasteiger partial charge in [0.1, 0.15) is 11.6 Å². The molecule has 5 heteroatoms. The summed E-state index contributed by atoms with van der Waals surface area (Å²) in [5, 5.41) is 0. The Kier molecular flexibility index (Phi) is 5.40. The SMILES string of the molecule is CCN(CC)C(C)(C)C(NN)c1c(F)cccc1F. The largest absolute Gasteiger partial charge is 0.297 e. The van der Waals surface area contributed by atoms with Crippen LogP contribution in [-0.4, -0.2) is 23.5 Å². The summed E-state index contributed by atoms with van der Waals surface area (Å²) in [5.74, 6) is 4.41. The van der Waals surface area contributed by atoms with Crippen molar-refractivity contribution in [2.24, 2.45) is 5.84 Å². The van der Waals surface area contributed by atoms with E-state index in [0.717, 1.165) is 13.1 Å². The van der Waals surface area contributed by atoms with Gasteiger partial charge in [-0.25, -0.2) is 8.78 Å². The van der Waals surface area contributed by atoms with E-state index < -0.39 is 23.2 Å². The van der Waals surface area contributed by atoms with Crippen LogP contribution in [0, 0.1) is 11.6 Å². The molecule has 0 fully saturated rings. The van der Waals surface area contributed by atoms with E-state index in [4.69, 9.17) is 5.84 Å². The number of halogens is 2. The molecule has 0 spiro atoms. The van der Waals surface area contributed by atoms with Crippen molar-refractivity contribution < 1.29 is 8.78 Å². The molecule has 1 atom stereocenters. The molecule has 3 nitrogen and oxygen atoms in total. The Labute approximate surface area is 113 Å². The molecule has 0 saturated carbocycles. The molecule has 0 aliphatic carbocycles. The number of likely N-dealkylation sites (N-methyl/N-ethyl adjacent to an activating group) is 1. The first-order valence-electron chi connectivity index (χ1n) is 6.55. The zero-order valence-corrected chi connectivity index (χ0v) is 12.0. The van der Waals surface area contributed by atoms with Gasteiger partial charge in [0.05, 0.1) is 6.04 Å². The molecule has 0 bridgehead atoms. The summed E-state index contributed by atoms with van der Waals surface area (Å²) in [7, 11) is 0. The van der Waals surface area contributed by atoms with E-state index in [9.17, 15) is 8.78 Å². The third kappa shape index (κ3) is 3.11. The van der Waals surface area contributed by atoms with E-state index in [1.54, 1.807) is 0 Å². The lowest BCUT2D eigenvalue weighted by Gasteiger charge is -2.43. The standard InChI is InChI=1S/C14H23F2N3/c1-5-19(6-2)14(3,4)13(18-17)12-10(15)8-7-9-11(12)16/h7-9,13,18H,5-6,17H2,1-4H3. The van der Waals surface area contributed by atoms with Crippen molar-refractivity contribution in [2.75, 3.05) is 13.1 Å². The second-order valence-corrected chi connectivity index (χ2v) is 5.06. The van der Waals surface area contributed by atoms with Gasteiger partial charge in [-0.3, -0.25) is 16.2 Å². The van der Waals surface area contributed by atoms with Gasteiger partial charge in [-0.15, -0.1) is 0 Å². The first-order valence-corrected chi connectivity index (χ1v) is 6.55. The number of rotatable bonds is 6. The molecule has 3 N–H and O–H groups in total. The zero-order chi connectivity index (χ0) is 14.6. The number of nitrogens with two attached hydrogens (primary N) is 1. The third-order valence-corrected chi connectivity index (χ3v) is 3.74. The Balaban J connectivity index is 3.27. The molecule has 0 aliphatic rings. The molecular weight excluding hydrogens is 248 g/mol. The summed E-state index contributed by atoms with van der Waals surface area (Å²) >= 11 is 0. The number of nitrogens with one attached hydrogen (secondary N) is 1. The molecule has 0 saturated heterocycles. The quantitative estimate of drug-likeness (QED) is 0.617. The Morgan fingerprint density at radius 2 is 1.68 bits per heavy atom. The van der Waals surface area contributed by atoms with Crippen LogP contribution in [0.5, 0.6) is 0 Å². The molecule has 1 aromatic carbocycles. The van der Waals surface area contributed by atoms with Gasteiger partial charge in [0.15, 0.2) is 0 Å². The highest BCUT2D eigenvalue weighted by Crippen LogP contribution is 2.33. The number of hydrogen-bond acceptors (Lipinski definition) is 3. The summed E-state index contributed by atoms with van der Waals surface area (Å²) in [4.78, 5) is 2.11. The normalized spacial score (nSPS) is 13.9. The summed E-state index contributed by atoms with van der Waals surface area (Å²) in [5.41, 5.74) is 2.04. The fourth-order valence-electron chi connectivity index (χ4n) is 2.65. The smallest absolute Gasteiger partial charge is 0.131 e. The minimum absolute atomic E-state index is 0.0121. The third-order valence-electron chi connectivity index (χ3n) is 3.74. The van der Waals surface area contributed by atoms with Crippen LogP contribution in [0.1, 0.15) is 39.3 Å². The summed E-state index contributed by atoms with van der Waals surface area (Å²) in [6.45, 7) is 9.43. The number of benzene rings is 1. The van der Waals surface area contributed by atoms with Crippen LogP contribution in [-0.2, 0) is 0 Å². The van der Waals surface area contributed by atoms with Crippen LogP contribution in [0.4, 0.5) is 8.78 Å². The van der Waals surface area contributed by atoms with Crippen molar-refractivity contribution in [1.29, 1.82) is 0 Å². The Morgan fingerprint density at radius 1 is 1.21 bits per heavy atom. The summed E-state index contributed by atoms with van der Waals surface area (Å²) in [6.07, 6.45) is 0. The first kappa shape index (κ1) is 16.0. The highest BCUT2D eigenvalue weighted by atomic mass is 19.1. The molecule has 0 amide bonds. The van der Waals surface area contributed by atoms with Crippen molar-refractivity contribution in [1.82, 2.24) is 10.3 Å². The molecule has 19 heavy (non-hydrogen) atoms. The second-order valence-electron chi connectivity index (χ2n) is 5.06. The van der Waals surface area contributed by atoms with Crippen LogP contribution in [0.3, 0.4) is 0 Å². The highest BCUT2D eigenvalue weighted by molar-refractivity contribution is 5.26. The van der Waals surface area contributed by atoms with Crippen molar-refractivity contribution in [3.05, 3.63) is 35.4 Å². The van der Waals surface area contributed by atoms with E-state index in [0.29, 0.717) is 0 Å². The first-order chi connectivity index (χ1) is 8.89. The minimum atomic E-state index is -0.631. The molecule has 1 unspecified atom stereocenters. The Bertz CT molecular complexity index is 397. The Morgan fingerprint density at radius 3 is 2.05 bits per heavy atom. The topological polar surface area (TPSA) is 41.3 Å². The predicted molar refractivity (Wildman–Crippen MR) is 73.4 cm³/mol. The second kappa shape index (κ2) is 6.41. The van der Waals surface area contributed by atoms with Crippen LogP contribution < -0.4 is 11.3 Å².